The third-order valence-electron chi connectivity index (χ3n) is 4.64. The number of ether oxygens (including phenoxy) is 2. The summed E-state index contributed by atoms with van der Waals surface area (Å²) in [4.78, 5) is 25.1. The van der Waals surface area contributed by atoms with E-state index in [1.807, 2.05) is 64.1 Å². The zero-order chi connectivity index (χ0) is 20.2. The molecule has 0 fully saturated rings. The molecule has 5 nitrogen and oxygen atoms in total. The van der Waals surface area contributed by atoms with Crippen LogP contribution in [-0.2, 0) is 14.3 Å². The largest absolute Gasteiger partial charge is 0.497 e. The molecule has 27 heavy (non-hydrogen) atoms. The number of fused-ring (bicyclic) bond motifs is 1. The highest BCUT2D eigenvalue weighted by atomic mass is 16.5. The summed E-state index contributed by atoms with van der Waals surface area (Å²) in [5, 5.41) is 4.95. The summed E-state index contributed by atoms with van der Waals surface area (Å²) in [6, 6.07) is 11.0. The number of hydrogen-bond acceptors (Lipinski definition) is 4. The van der Waals surface area contributed by atoms with Gasteiger partial charge < -0.3 is 14.8 Å². The molecule has 2 rings (SSSR count). The Bertz CT molecular complexity index is 823. The summed E-state index contributed by atoms with van der Waals surface area (Å²) in [5.41, 5.74) is 0.448. The van der Waals surface area contributed by atoms with Gasteiger partial charge in [-0.3, -0.25) is 4.79 Å². The molecule has 0 aliphatic carbocycles. The molecule has 0 heterocycles. The fourth-order valence-electron chi connectivity index (χ4n) is 2.91. The number of rotatable bonds is 6. The average Bonchev–Trinajstić information content (AvgIpc) is 2.63. The Morgan fingerprint density at radius 2 is 1.70 bits per heavy atom. The highest BCUT2D eigenvalue weighted by Crippen LogP contribution is 2.26. The van der Waals surface area contributed by atoms with Crippen molar-refractivity contribution in [1.29, 1.82) is 0 Å². The van der Waals surface area contributed by atoms with Gasteiger partial charge in [0.05, 0.1) is 19.6 Å². The molecule has 1 amide bonds. The predicted molar refractivity (Wildman–Crippen MR) is 107 cm³/mol. The number of amides is 1. The minimum absolute atomic E-state index is 0.198. The molecular weight excluding hydrogens is 342 g/mol. The summed E-state index contributed by atoms with van der Waals surface area (Å²) in [7, 11) is 1.64. The summed E-state index contributed by atoms with van der Waals surface area (Å²) >= 11 is 0. The number of esters is 1. The van der Waals surface area contributed by atoms with Crippen LogP contribution in [0, 0.1) is 5.41 Å². The SMILES string of the molecule is CCOC(=O)[C@@H](NC(=O)[C@@H](C)c1ccc2cc(OC)ccc2c1)C(C)(C)C. The van der Waals surface area contributed by atoms with Crippen molar-refractivity contribution in [2.45, 2.75) is 46.6 Å². The predicted octanol–water partition coefficient (Wildman–Crippen LogP) is 4.05. The van der Waals surface area contributed by atoms with Crippen LogP contribution in [0.1, 0.15) is 46.1 Å². The Kier molecular flexibility index (Phi) is 6.47. The molecule has 0 aromatic heterocycles. The second-order valence-electron chi connectivity index (χ2n) is 7.75. The van der Waals surface area contributed by atoms with Crippen LogP contribution in [0.4, 0.5) is 0 Å². The fourth-order valence-corrected chi connectivity index (χ4v) is 2.91. The van der Waals surface area contributed by atoms with Gasteiger partial charge in [-0.2, -0.15) is 0 Å². The van der Waals surface area contributed by atoms with Crippen LogP contribution in [0.15, 0.2) is 36.4 Å². The normalized spacial score (nSPS) is 13.7. The Hall–Kier alpha value is -2.56. The summed E-state index contributed by atoms with van der Waals surface area (Å²) in [5.74, 6) is -0.203. The minimum atomic E-state index is -0.697. The lowest BCUT2D eigenvalue weighted by atomic mass is 9.86. The first-order chi connectivity index (χ1) is 12.7. The van der Waals surface area contributed by atoms with Crippen molar-refractivity contribution in [3.05, 3.63) is 42.0 Å². The molecule has 0 unspecified atom stereocenters. The number of benzene rings is 2. The van der Waals surface area contributed by atoms with Crippen molar-refractivity contribution in [3.63, 3.8) is 0 Å². The van der Waals surface area contributed by atoms with Crippen molar-refractivity contribution < 1.29 is 19.1 Å². The monoisotopic (exact) mass is 371 g/mol. The van der Waals surface area contributed by atoms with Crippen molar-refractivity contribution in [3.8, 4) is 5.75 Å². The maximum Gasteiger partial charge on any atom is 0.329 e. The number of nitrogens with one attached hydrogen (secondary N) is 1. The standard InChI is InChI=1S/C22H29NO4/c1-7-27-21(25)19(22(3,4)5)23-20(24)14(2)15-8-9-17-13-18(26-6)11-10-16(17)12-15/h8-14,19H,7H2,1-6H3,(H,23,24)/t14-,19+/m0/s1. The number of hydrogen-bond donors (Lipinski definition) is 1. The quantitative estimate of drug-likeness (QED) is 0.778. The van der Waals surface area contributed by atoms with E-state index in [2.05, 4.69) is 5.32 Å². The summed E-state index contributed by atoms with van der Waals surface area (Å²) in [6.07, 6.45) is 0. The van der Waals surface area contributed by atoms with E-state index in [1.165, 1.54) is 0 Å². The lowest BCUT2D eigenvalue weighted by molar-refractivity contribution is -0.150. The van der Waals surface area contributed by atoms with Crippen LogP contribution < -0.4 is 10.1 Å². The van der Waals surface area contributed by atoms with E-state index >= 15 is 0 Å². The van der Waals surface area contributed by atoms with E-state index in [0.29, 0.717) is 0 Å². The molecule has 146 valence electrons. The third-order valence-corrected chi connectivity index (χ3v) is 4.64. The lowest BCUT2D eigenvalue weighted by Gasteiger charge is -2.30. The Morgan fingerprint density at radius 1 is 1.07 bits per heavy atom. The molecule has 0 radical (unpaired) electrons. The number of carbonyl (C=O) groups excluding carboxylic acids is 2. The van der Waals surface area contributed by atoms with E-state index in [1.54, 1.807) is 14.0 Å². The van der Waals surface area contributed by atoms with Crippen molar-refractivity contribution in [2.24, 2.45) is 5.41 Å². The van der Waals surface area contributed by atoms with E-state index in [4.69, 9.17) is 9.47 Å². The van der Waals surface area contributed by atoms with E-state index in [0.717, 1.165) is 22.1 Å². The molecule has 0 saturated carbocycles. The van der Waals surface area contributed by atoms with Crippen molar-refractivity contribution >= 4 is 22.6 Å². The highest BCUT2D eigenvalue weighted by molar-refractivity contribution is 5.91. The van der Waals surface area contributed by atoms with Crippen LogP contribution in [0.5, 0.6) is 5.75 Å². The Morgan fingerprint density at radius 3 is 2.30 bits per heavy atom. The molecule has 0 aliphatic rings. The van der Waals surface area contributed by atoms with E-state index < -0.39 is 23.3 Å². The van der Waals surface area contributed by atoms with Gasteiger partial charge in [-0.25, -0.2) is 4.79 Å². The van der Waals surface area contributed by atoms with E-state index in [9.17, 15) is 9.59 Å². The summed E-state index contributed by atoms with van der Waals surface area (Å²) < 4.78 is 10.4. The van der Waals surface area contributed by atoms with Crippen LogP contribution in [0.2, 0.25) is 0 Å². The first kappa shape index (κ1) is 20.7. The van der Waals surface area contributed by atoms with Gasteiger partial charge in [0.2, 0.25) is 5.91 Å². The molecular formula is C22H29NO4. The molecule has 1 N–H and O–H groups in total. The maximum absolute atomic E-state index is 12.8. The molecule has 2 atom stereocenters. The first-order valence-corrected chi connectivity index (χ1v) is 9.22. The molecule has 0 aliphatic heterocycles. The third kappa shape index (κ3) is 5.00. The van der Waals surface area contributed by atoms with Gasteiger partial charge in [-0.05, 0) is 47.7 Å². The molecule has 5 heteroatoms. The Balaban J connectivity index is 2.22. The van der Waals surface area contributed by atoms with Crippen LogP contribution in [-0.4, -0.2) is 31.6 Å². The van der Waals surface area contributed by atoms with Crippen molar-refractivity contribution in [1.82, 2.24) is 5.32 Å². The van der Waals surface area contributed by atoms with Crippen LogP contribution in [0.25, 0.3) is 10.8 Å². The number of methoxy groups -OCH3 is 1. The van der Waals surface area contributed by atoms with Gasteiger partial charge in [-0.1, -0.05) is 45.0 Å². The number of carbonyl (C=O) groups is 2. The van der Waals surface area contributed by atoms with Crippen LogP contribution in [0.3, 0.4) is 0 Å². The zero-order valence-electron chi connectivity index (χ0n) is 17.0. The van der Waals surface area contributed by atoms with E-state index in [-0.39, 0.29) is 12.5 Å². The van der Waals surface area contributed by atoms with Gasteiger partial charge in [-0.15, -0.1) is 0 Å². The van der Waals surface area contributed by atoms with Crippen molar-refractivity contribution in [2.75, 3.05) is 13.7 Å². The van der Waals surface area contributed by atoms with Gasteiger partial charge in [0.25, 0.3) is 0 Å². The second kappa shape index (κ2) is 8.42. The molecule has 2 aromatic rings. The van der Waals surface area contributed by atoms with Gasteiger partial charge in [0.1, 0.15) is 11.8 Å². The average molecular weight is 371 g/mol. The van der Waals surface area contributed by atoms with Gasteiger partial charge in [0.15, 0.2) is 0 Å². The maximum atomic E-state index is 12.8. The molecule has 0 spiro atoms. The lowest BCUT2D eigenvalue weighted by Crippen LogP contribution is -2.50. The molecule has 0 bridgehead atoms. The van der Waals surface area contributed by atoms with Gasteiger partial charge >= 0.3 is 5.97 Å². The topological polar surface area (TPSA) is 64.6 Å². The minimum Gasteiger partial charge on any atom is -0.497 e. The highest BCUT2D eigenvalue weighted by Gasteiger charge is 2.35. The second-order valence-corrected chi connectivity index (χ2v) is 7.75. The smallest absolute Gasteiger partial charge is 0.329 e. The molecule has 2 aromatic carbocycles. The Labute approximate surface area is 161 Å². The zero-order valence-corrected chi connectivity index (χ0v) is 17.0. The van der Waals surface area contributed by atoms with Gasteiger partial charge in [0, 0.05) is 0 Å². The van der Waals surface area contributed by atoms with Crippen LogP contribution >= 0.6 is 0 Å². The fraction of sp³-hybridized carbons (Fsp3) is 0.455. The molecule has 0 saturated heterocycles. The summed E-state index contributed by atoms with van der Waals surface area (Å²) in [6.45, 7) is 9.59. The first-order valence-electron chi connectivity index (χ1n) is 9.22.